The van der Waals surface area contributed by atoms with Crippen LogP contribution in [0.4, 0.5) is 5.69 Å². The van der Waals surface area contributed by atoms with Gasteiger partial charge < -0.3 is 5.32 Å². The number of aldehydes is 1. The fourth-order valence-electron chi connectivity index (χ4n) is 2.39. The molecule has 0 atom stereocenters. The molecule has 0 aromatic heterocycles. The molecule has 1 N–H and O–H groups in total. The Morgan fingerprint density at radius 2 is 2.06 bits per heavy atom. The van der Waals surface area contributed by atoms with Crippen molar-refractivity contribution in [1.82, 2.24) is 5.32 Å². The minimum absolute atomic E-state index is 0.0708. The average molecular weight is 234 g/mol. The van der Waals surface area contributed by atoms with Gasteiger partial charge in [0.1, 0.15) is 0 Å². The number of hydrogen-bond donors (Lipinski definition) is 1. The van der Waals surface area contributed by atoms with Gasteiger partial charge in [0.2, 0.25) is 0 Å². The third kappa shape index (κ3) is 2.34. The summed E-state index contributed by atoms with van der Waals surface area (Å²) in [6.45, 7) is 1.68. The molecule has 1 aromatic rings. The molecule has 0 amide bonds. The Hall–Kier alpha value is -1.75. The standard InChI is InChI=1S/C12H14N2O3/c15-8-10-2-1-3-11(14(16)17)12(10)9-4-6-13-7-5-9/h1-3,8-9,13H,4-7H2. The fourth-order valence-corrected chi connectivity index (χ4v) is 2.39. The molecule has 1 aliphatic rings. The van der Waals surface area contributed by atoms with E-state index in [1.54, 1.807) is 12.1 Å². The average Bonchev–Trinajstić information content (AvgIpc) is 2.38. The number of nitro groups is 1. The number of hydrogen-bond acceptors (Lipinski definition) is 4. The van der Waals surface area contributed by atoms with Crippen molar-refractivity contribution in [1.29, 1.82) is 0 Å². The van der Waals surface area contributed by atoms with Crippen molar-refractivity contribution in [2.24, 2.45) is 0 Å². The van der Waals surface area contributed by atoms with Crippen LogP contribution in [0.2, 0.25) is 0 Å². The summed E-state index contributed by atoms with van der Waals surface area (Å²) in [5.41, 5.74) is 1.13. The molecule has 1 saturated heterocycles. The van der Waals surface area contributed by atoms with Crippen LogP contribution in [0.1, 0.15) is 34.7 Å². The monoisotopic (exact) mass is 234 g/mol. The molecule has 0 bridgehead atoms. The van der Waals surface area contributed by atoms with E-state index in [0.29, 0.717) is 17.4 Å². The molecule has 5 heteroatoms. The molecule has 1 aromatic carbocycles. The number of piperidine rings is 1. The predicted octanol–water partition coefficient (Wildman–Crippen LogP) is 1.87. The molecule has 5 nitrogen and oxygen atoms in total. The lowest BCUT2D eigenvalue weighted by Gasteiger charge is -2.23. The first-order valence-electron chi connectivity index (χ1n) is 5.67. The minimum Gasteiger partial charge on any atom is -0.317 e. The molecule has 1 heterocycles. The molecular formula is C12H14N2O3. The molecule has 0 spiro atoms. The van der Waals surface area contributed by atoms with E-state index in [1.807, 2.05) is 0 Å². The molecule has 1 aliphatic heterocycles. The van der Waals surface area contributed by atoms with Crippen LogP contribution in [0.15, 0.2) is 18.2 Å². The topological polar surface area (TPSA) is 72.2 Å². The van der Waals surface area contributed by atoms with E-state index in [1.165, 1.54) is 6.07 Å². The smallest absolute Gasteiger partial charge is 0.273 e. The van der Waals surface area contributed by atoms with Gasteiger partial charge in [0.25, 0.3) is 5.69 Å². The molecule has 2 rings (SSSR count). The largest absolute Gasteiger partial charge is 0.317 e. The van der Waals surface area contributed by atoms with Crippen LogP contribution in [0.25, 0.3) is 0 Å². The lowest BCUT2D eigenvalue weighted by atomic mass is 9.86. The summed E-state index contributed by atoms with van der Waals surface area (Å²) in [7, 11) is 0. The van der Waals surface area contributed by atoms with Gasteiger partial charge in [-0.2, -0.15) is 0 Å². The fraction of sp³-hybridized carbons (Fsp3) is 0.417. The van der Waals surface area contributed by atoms with Crippen LogP contribution in [0, 0.1) is 10.1 Å². The van der Waals surface area contributed by atoms with E-state index < -0.39 is 4.92 Å². The van der Waals surface area contributed by atoms with Crippen molar-refractivity contribution in [2.75, 3.05) is 13.1 Å². The summed E-state index contributed by atoms with van der Waals surface area (Å²) < 4.78 is 0. The molecule has 0 aliphatic carbocycles. The molecule has 90 valence electrons. The summed E-state index contributed by atoms with van der Waals surface area (Å²) in [4.78, 5) is 21.6. The number of benzene rings is 1. The Labute approximate surface area is 99.0 Å². The highest BCUT2D eigenvalue weighted by Crippen LogP contribution is 2.34. The number of nitro benzene ring substituents is 1. The van der Waals surface area contributed by atoms with E-state index in [-0.39, 0.29) is 11.6 Å². The van der Waals surface area contributed by atoms with Gasteiger partial charge in [-0.25, -0.2) is 0 Å². The lowest BCUT2D eigenvalue weighted by Crippen LogP contribution is -2.27. The maximum Gasteiger partial charge on any atom is 0.273 e. The SMILES string of the molecule is O=Cc1cccc([N+](=O)[O-])c1C1CCNCC1. The number of carbonyl (C=O) groups is 1. The van der Waals surface area contributed by atoms with Gasteiger partial charge in [0.15, 0.2) is 6.29 Å². The van der Waals surface area contributed by atoms with Crippen LogP contribution >= 0.6 is 0 Å². The summed E-state index contributed by atoms with van der Waals surface area (Å²) in [6.07, 6.45) is 2.39. The normalized spacial score (nSPS) is 16.7. The quantitative estimate of drug-likeness (QED) is 0.492. The summed E-state index contributed by atoms with van der Waals surface area (Å²) in [5, 5.41) is 14.2. The summed E-state index contributed by atoms with van der Waals surface area (Å²) in [6, 6.07) is 4.69. The van der Waals surface area contributed by atoms with E-state index >= 15 is 0 Å². The first kappa shape index (κ1) is 11.7. The highest BCUT2D eigenvalue weighted by molar-refractivity contribution is 5.80. The number of nitrogens with zero attached hydrogens (tertiary/aromatic N) is 1. The maximum absolute atomic E-state index is 11.0. The van der Waals surface area contributed by atoms with E-state index in [9.17, 15) is 14.9 Å². The van der Waals surface area contributed by atoms with Crippen molar-refractivity contribution in [3.8, 4) is 0 Å². The first-order valence-corrected chi connectivity index (χ1v) is 5.67. The van der Waals surface area contributed by atoms with Gasteiger partial charge in [0.05, 0.1) is 4.92 Å². The highest BCUT2D eigenvalue weighted by Gasteiger charge is 2.26. The molecule has 0 unspecified atom stereocenters. The second kappa shape index (κ2) is 5.05. The predicted molar refractivity (Wildman–Crippen MR) is 63.3 cm³/mol. The Kier molecular flexibility index (Phi) is 3.49. The van der Waals surface area contributed by atoms with E-state index in [2.05, 4.69) is 5.32 Å². The zero-order valence-electron chi connectivity index (χ0n) is 9.39. The van der Waals surface area contributed by atoms with Gasteiger partial charge in [-0.05, 0) is 31.8 Å². The lowest BCUT2D eigenvalue weighted by molar-refractivity contribution is -0.385. The second-order valence-electron chi connectivity index (χ2n) is 4.18. The highest BCUT2D eigenvalue weighted by atomic mass is 16.6. The van der Waals surface area contributed by atoms with Crippen molar-refractivity contribution < 1.29 is 9.72 Å². The molecule has 0 radical (unpaired) electrons. The van der Waals surface area contributed by atoms with Crippen molar-refractivity contribution >= 4 is 12.0 Å². The Morgan fingerprint density at radius 1 is 1.35 bits per heavy atom. The van der Waals surface area contributed by atoms with Gasteiger partial charge in [-0.15, -0.1) is 0 Å². The van der Waals surface area contributed by atoms with Crippen molar-refractivity contribution in [3.63, 3.8) is 0 Å². The van der Waals surface area contributed by atoms with Crippen LogP contribution in [0.5, 0.6) is 0 Å². The Bertz CT molecular complexity index is 439. The summed E-state index contributed by atoms with van der Waals surface area (Å²) in [5.74, 6) is 0.109. The second-order valence-corrected chi connectivity index (χ2v) is 4.18. The zero-order chi connectivity index (χ0) is 12.3. The molecular weight excluding hydrogens is 220 g/mol. The zero-order valence-corrected chi connectivity index (χ0v) is 9.39. The number of carbonyl (C=O) groups excluding carboxylic acids is 1. The van der Waals surface area contributed by atoms with Crippen LogP contribution < -0.4 is 5.32 Å². The maximum atomic E-state index is 11.0. The van der Waals surface area contributed by atoms with Gasteiger partial charge in [0, 0.05) is 17.2 Å². The van der Waals surface area contributed by atoms with Gasteiger partial charge in [-0.1, -0.05) is 12.1 Å². The third-order valence-corrected chi connectivity index (χ3v) is 3.19. The van der Waals surface area contributed by atoms with E-state index in [4.69, 9.17) is 0 Å². The van der Waals surface area contributed by atoms with Crippen LogP contribution in [0.3, 0.4) is 0 Å². The molecule has 17 heavy (non-hydrogen) atoms. The van der Waals surface area contributed by atoms with Crippen molar-refractivity contribution in [2.45, 2.75) is 18.8 Å². The number of rotatable bonds is 3. The van der Waals surface area contributed by atoms with Crippen LogP contribution in [-0.2, 0) is 0 Å². The van der Waals surface area contributed by atoms with Gasteiger partial charge >= 0.3 is 0 Å². The third-order valence-electron chi connectivity index (χ3n) is 3.19. The van der Waals surface area contributed by atoms with Crippen molar-refractivity contribution in [3.05, 3.63) is 39.4 Å². The van der Waals surface area contributed by atoms with E-state index in [0.717, 1.165) is 25.9 Å². The molecule has 0 saturated carbocycles. The first-order chi connectivity index (χ1) is 8.24. The Morgan fingerprint density at radius 3 is 2.65 bits per heavy atom. The van der Waals surface area contributed by atoms with Crippen LogP contribution in [-0.4, -0.2) is 24.3 Å². The minimum atomic E-state index is -0.398. The summed E-state index contributed by atoms with van der Waals surface area (Å²) >= 11 is 0. The molecule has 1 fully saturated rings. The number of nitrogens with one attached hydrogen (secondary N) is 1. The van der Waals surface area contributed by atoms with Gasteiger partial charge in [-0.3, -0.25) is 14.9 Å². The Balaban J connectivity index is 2.47.